The van der Waals surface area contributed by atoms with Crippen LogP contribution in [0.15, 0.2) is 78.9 Å². The van der Waals surface area contributed by atoms with Gasteiger partial charge in [-0.25, -0.2) is 4.68 Å². The molecule has 0 radical (unpaired) electrons. The Kier molecular flexibility index (Phi) is 7.76. The second kappa shape index (κ2) is 11.5. The van der Waals surface area contributed by atoms with Crippen molar-refractivity contribution in [3.05, 3.63) is 95.7 Å². The summed E-state index contributed by atoms with van der Waals surface area (Å²) in [4.78, 5) is 2.50. The normalized spacial score (nSPS) is 16.1. The fraction of sp³-hybridized carbons (Fsp3) is 0.367. The minimum Gasteiger partial charge on any atom is -0.494 e. The van der Waals surface area contributed by atoms with Gasteiger partial charge in [0, 0.05) is 31.6 Å². The van der Waals surface area contributed by atoms with Gasteiger partial charge in [0.25, 0.3) is 0 Å². The summed E-state index contributed by atoms with van der Waals surface area (Å²) >= 11 is 0. The summed E-state index contributed by atoms with van der Waals surface area (Å²) in [5.41, 5.74) is 4.82. The predicted octanol–water partition coefficient (Wildman–Crippen LogP) is 6.52. The maximum Gasteiger partial charge on any atom is 0.150 e. The predicted molar refractivity (Wildman–Crippen MR) is 140 cm³/mol. The summed E-state index contributed by atoms with van der Waals surface area (Å²) < 4.78 is 14.2. The topological polar surface area (TPSA) is 39.5 Å². The van der Waals surface area contributed by atoms with Crippen molar-refractivity contribution >= 4 is 10.9 Å². The summed E-state index contributed by atoms with van der Waals surface area (Å²) in [6.45, 7) is 6.41. The average Bonchev–Trinajstić information content (AvgIpc) is 3.24. The zero-order valence-corrected chi connectivity index (χ0v) is 20.6. The number of fused-ring (bicyclic) bond motifs is 1. The van der Waals surface area contributed by atoms with Crippen molar-refractivity contribution in [1.82, 2.24) is 14.7 Å². The van der Waals surface area contributed by atoms with Crippen molar-refractivity contribution in [3.63, 3.8) is 0 Å². The van der Waals surface area contributed by atoms with E-state index < -0.39 is 0 Å². The van der Waals surface area contributed by atoms with Crippen LogP contribution in [-0.2, 0) is 17.8 Å². The average molecular weight is 470 g/mol. The molecule has 0 amide bonds. The number of aryl methyl sites for hydroxylation is 1. The molecule has 0 bridgehead atoms. The smallest absolute Gasteiger partial charge is 0.150 e. The molecule has 5 nitrogen and oxygen atoms in total. The van der Waals surface area contributed by atoms with Crippen molar-refractivity contribution < 1.29 is 9.47 Å². The highest BCUT2D eigenvalue weighted by molar-refractivity contribution is 5.83. The van der Waals surface area contributed by atoms with E-state index in [9.17, 15) is 0 Å². The molecule has 1 unspecified atom stereocenters. The van der Waals surface area contributed by atoms with Crippen molar-refractivity contribution in [1.29, 1.82) is 0 Å². The highest BCUT2D eigenvalue weighted by Gasteiger charge is 2.20. The van der Waals surface area contributed by atoms with E-state index >= 15 is 0 Å². The van der Waals surface area contributed by atoms with Gasteiger partial charge in [0.1, 0.15) is 5.75 Å². The maximum absolute atomic E-state index is 6.18. The summed E-state index contributed by atoms with van der Waals surface area (Å²) in [5.74, 6) is 0.905. The first kappa shape index (κ1) is 23.6. The number of hydrogen-bond acceptors (Lipinski definition) is 4. The van der Waals surface area contributed by atoms with Crippen LogP contribution >= 0.6 is 0 Å². The van der Waals surface area contributed by atoms with E-state index in [-0.39, 0.29) is 6.23 Å². The van der Waals surface area contributed by atoms with Crippen LogP contribution in [0.3, 0.4) is 0 Å². The number of aromatic nitrogens is 2. The van der Waals surface area contributed by atoms with E-state index in [0.717, 1.165) is 67.8 Å². The highest BCUT2D eigenvalue weighted by Crippen LogP contribution is 2.30. The zero-order valence-electron chi connectivity index (χ0n) is 20.6. The molecule has 1 aromatic heterocycles. The quantitative estimate of drug-likeness (QED) is 0.248. The highest BCUT2D eigenvalue weighted by atomic mass is 16.5. The Balaban J connectivity index is 1.19. The molecule has 35 heavy (non-hydrogen) atoms. The molecule has 0 spiro atoms. The molecule has 0 saturated carbocycles. The third-order valence-electron chi connectivity index (χ3n) is 6.68. The molecule has 1 aliphatic heterocycles. The van der Waals surface area contributed by atoms with E-state index in [1.807, 2.05) is 0 Å². The van der Waals surface area contributed by atoms with Crippen LogP contribution in [0.5, 0.6) is 5.75 Å². The largest absolute Gasteiger partial charge is 0.494 e. The minimum absolute atomic E-state index is 0.0481. The molecule has 1 fully saturated rings. The Morgan fingerprint density at radius 2 is 1.66 bits per heavy atom. The van der Waals surface area contributed by atoms with E-state index in [0.29, 0.717) is 6.61 Å². The molecule has 1 saturated heterocycles. The first-order valence-corrected chi connectivity index (χ1v) is 12.8. The van der Waals surface area contributed by atoms with Gasteiger partial charge in [0.15, 0.2) is 6.23 Å². The van der Waals surface area contributed by atoms with Gasteiger partial charge in [-0.1, -0.05) is 60.7 Å². The van der Waals surface area contributed by atoms with Crippen molar-refractivity contribution in [2.45, 2.75) is 51.9 Å². The molecule has 1 atom stereocenters. The molecule has 0 aliphatic carbocycles. The fourth-order valence-electron chi connectivity index (χ4n) is 4.88. The van der Waals surface area contributed by atoms with E-state index in [4.69, 9.17) is 14.6 Å². The maximum atomic E-state index is 6.18. The SMILES string of the molecule is Cc1nn(C2CCCCO2)c2ccc(OCCCN(Cc3ccccc3)Cc3ccccc3)cc12. The van der Waals surface area contributed by atoms with Gasteiger partial charge < -0.3 is 9.47 Å². The Morgan fingerprint density at radius 1 is 0.943 bits per heavy atom. The van der Waals surface area contributed by atoms with Crippen LogP contribution in [0.25, 0.3) is 10.9 Å². The second-order valence-electron chi connectivity index (χ2n) is 9.41. The molecule has 0 N–H and O–H groups in total. The number of ether oxygens (including phenoxy) is 2. The van der Waals surface area contributed by atoms with Gasteiger partial charge in [-0.3, -0.25) is 4.90 Å². The first-order valence-electron chi connectivity index (χ1n) is 12.8. The summed E-state index contributed by atoms with van der Waals surface area (Å²) in [6, 6.07) is 27.7. The van der Waals surface area contributed by atoms with Crippen molar-refractivity contribution in [2.75, 3.05) is 19.8 Å². The number of rotatable bonds is 10. The number of benzene rings is 3. The molecule has 3 aromatic carbocycles. The van der Waals surface area contributed by atoms with Crippen LogP contribution in [0.4, 0.5) is 0 Å². The monoisotopic (exact) mass is 469 g/mol. The first-order chi connectivity index (χ1) is 17.3. The van der Waals surface area contributed by atoms with Gasteiger partial charge in [0.2, 0.25) is 0 Å². The lowest BCUT2D eigenvalue weighted by molar-refractivity contribution is -0.0368. The Hall–Kier alpha value is -3.15. The van der Waals surface area contributed by atoms with Gasteiger partial charge in [-0.05, 0) is 61.9 Å². The third kappa shape index (κ3) is 6.11. The summed E-state index contributed by atoms with van der Waals surface area (Å²) in [7, 11) is 0. The number of hydrogen-bond donors (Lipinski definition) is 0. The van der Waals surface area contributed by atoms with Gasteiger partial charge in [0.05, 0.1) is 17.8 Å². The van der Waals surface area contributed by atoms with Crippen LogP contribution in [0.2, 0.25) is 0 Å². The second-order valence-corrected chi connectivity index (χ2v) is 9.41. The molecule has 5 rings (SSSR count). The van der Waals surface area contributed by atoms with Crippen LogP contribution in [-0.4, -0.2) is 34.4 Å². The lowest BCUT2D eigenvalue weighted by atomic mass is 10.1. The third-order valence-corrected chi connectivity index (χ3v) is 6.68. The van der Waals surface area contributed by atoms with Crippen LogP contribution in [0, 0.1) is 6.92 Å². The van der Waals surface area contributed by atoms with Crippen molar-refractivity contribution in [2.24, 2.45) is 0 Å². The summed E-state index contributed by atoms with van der Waals surface area (Å²) in [5, 5.41) is 5.93. The summed E-state index contributed by atoms with van der Waals surface area (Å²) in [6.07, 6.45) is 4.37. The Bertz CT molecular complexity index is 1160. The fourth-order valence-corrected chi connectivity index (χ4v) is 4.88. The molecular weight excluding hydrogens is 434 g/mol. The van der Waals surface area contributed by atoms with Gasteiger partial charge >= 0.3 is 0 Å². The van der Waals surface area contributed by atoms with E-state index in [1.54, 1.807) is 0 Å². The van der Waals surface area contributed by atoms with Crippen LogP contribution in [0.1, 0.15) is 48.7 Å². The van der Waals surface area contributed by atoms with Gasteiger partial charge in [-0.15, -0.1) is 0 Å². The molecular formula is C30H35N3O2. The molecule has 5 heteroatoms. The van der Waals surface area contributed by atoms with Gasteiger partial charge in [-0.2, -0.15) is 5.10 Å². The Labute approximate surface area is 208 Å². The van der Waals surface area contributed by atoms with E-state index in [2.05, 4.69) is 95.4 Å². The van der Waals surface area contributed by atoms with Crippen LogP contribution < -0.4 is 4.74 Å². The molecule has 182 valence electrons. The minimum atomic E-state index is 0.0481. The Morgan fingerprint density at radius 3 is 2.31 bits per heavy atom. The molecule has 2 heterocycles. The lowest BCUT2D eigenvalue weighted by Gasteiger charge is -2.23. The van der Waals surface area contributed by atoms with E-state index in [1.165, 1.54) is 17.5 Å². The molecule has 4 aromatic rings. The lowest BCUT2D eigenvalue weighted by Crippen LogP contribution is -2.25. The number of nitrogens with zero attached hydrogens (tertiary/aromatic N) is 3. The standard InChI is InChI=1S/C30H35N3O2/c1-24-28-21-27(16-17-29(28)33(31-24)30-15-8-9-19-35-30)34-20-10-18-32(22-25-11-4-2-5-12-25)23-26-13-6-3-7-14-26/h2-7,11-14,16-17,21,30H,8-10,15,18-20,22-23H2,1H3. The zero-order chi connectivity index (χ0) is 23.9. The molecule has 1 aliphatic rings. The van der Waals surface area contributed by atoms with Crippen molar-refractivity contribution in [3.8, 4) is 5.75 Å².